The number of hydrogen-bond acceptors (Lipinski definition) is 5. The number of rotatable bonds is 6. The highest BCUT2D eigenvalue weighted by Gasteiger charge is 2.21. The molecule has 3 rings (SSSR count). The van der Waals surface area contributed by atoms with E-state index in [0.717, 1.165) is 44.1 Å². The minimum atomic E-state index is 0.698. The van der Waals surface area contributed by atoms with Gasteiger partial charge < -0.3 is 9.80 Å². The van der Waals surface area contributed by atoms with E-state index in [-0.39, 0.29) is 0 Å². The summed E-state index contributed by atoms with van der Waals surface area (Å²) >= 11 is 0. The van der Waals surface area contributed by atoms with Crippen LogP contribution in [0, 0.1) is 18.3 Å². The van der Waals surface area contributed by atoms with Gasteiger partial charge in [0.15, 0.2) is 0 Å². The summed E-state index contributed by atoms with van der Waals surface area (Å²) in [6, 6.07) is 10.1. The van der Waals surface area contributed by atoms with Crippen LogP contribution >= 0.6 is 0 Å². The molecule has 136 valence electrons. The van der Waals surface area contributed by atoms with Crippen LogP contribution in [0.3, 0.4) is 0 Å². The maximum Gasteiger partial charge on any atom is 0.136 e. The molecule has 1 aliphatic carbocycles. The van der Waals surface area contributed by atoms with Gasteiger partial charge in [0.05, 0.1) is 11.6 Å². The summed E-state index contributed by atoms with van der Waals surface area (Å²) in [6.45, 7) is 4.66. The number of likely N-dealkylation sites (N-methyl/N-ethyl adjacent to an activating group) is 1. The molecule has 1 aliphatic rings. The molecule has 0 saturated carbocycles. The summed E-state index contributed by atoms with van der Waals surface area (Å²) < 4.78 is 0. The van der Waals surface area contributed by atoms with E-state index in [4.69, 9.17) is 15.2 Å². The molecule has 0 atom stereocenters. The Bertz CT molecular complexity index is 789. The highest BCUT2D eigenvalue weighted by atomic mass is 15.2. The molecule has 26 heavy (non-hydrogen) atoms. The molecule has 5 heteroatoms. The van der Waals surface area contributed by atoms with Gasteiger partial charge in [-0.1, -0.05) is 12.1 Å². The second-order valence-electron chi connectivity index (χ2n) is 7.26. The molecule has 1 heterocycles. The van der Waals surface area contributed by atoms with E-state index in [1.165, 1.54) is 29.7 Å². The molecule has 0 N–H and O–H groups in total. The standard InChI is InChI=1S/C21H27N5/c1-16-23-20-7-5-4-6-19(20)21(24-16)26(13-12-25(2)3)15-18-10-8-17(14-22)9-11-18/h8-11H,4-7,12-13,15H2,1-3H3. The molecule has 0 aliphatic heterocycles. The highest BCUT2D eigenvalue weighted by molar-refractivity contribution is 5.51. The first-order chi connectivity index (χ1) is 12.6. The first kappa shape index (κ1) is 18.3. The van der Waals surface area contributed by atoms with E-state index >= 15 is 0 Å². The number of aryl methyl sites for hydroxylation is 2. The maximum atomic E-state index is 9.01. The Kier molecular flexibility index (Phi) is 5.85. The Morgan fingerprint density at radius 2 is 1.77 bits per heavy atom. The van der Waals surface area contributed by atoms with E-state index in [1.807, 2.05) is 31.2 Å². The van der Waals surface area contributed by atoms with Crippen molar-refractivity contribution >= 4 is 5.82 Å². The summed E-state index contributed by atoms with van der Waals surface area (Å²) in [4.78, 5) is 14.1. The summed E-state index contributed by atoms with van der Waals surface area (Å²) in [5.41, 5.74) is 4.45. The van der Waals surface area contributed by atoms with Gasteiger partial charge in [-0.15, -0.1) is 0 Å². The molecule has 0 bridgehead atoms. The molecule has 1 aromatic heterocycles. The number of anilines is 1. The fourth-order valence-corrected chi connectivity index (χ4v) is 3.44. The van der Waals surface area contributed by atoms with E-state index in [0.29, 0.717) is 5.56 Å². The van der Waals surface area contributed by atoms with Crippen LogP contribution in [-0.2, 0) is 19.4 Å². The van der Waals surface area contributed by atoms with E-state index in [9.17, 15) is 0 Å². The molecule has 5 nitrogen and oxygen atoms in total. The number of hydrogen-bond donors (Lipinski definition) is 0. The highest BCUT2D eigenvalue weighted by Crippen LogP contribution is 2.29. The van der Waals surface area contributed by atoms with E-state index in [2.05, 4.69) is 30.0 Å². The lowest BCUT2D eigenvalue weighted by molar-refractivity contribution is 0.411. The second kappa shape index (κ2) is 8.29. The summed E-state index contributed by atoms with van der Waals surface area (Å²) in [7, 11) is 4.20. The van der Waals surface area contributed by atoms with Gasteiger partial charge in [0.2, 0.25) is 0 Å². The van der Waals surface area contributed by atoms with Crippen molar-refractivity contribution in [2.24, 2.45) is 0 Å². The van der Waals surface area contributed by atoms with Crippen LogP contribution in [-0.4, -0.2) is 42.1 Å². The van der Waals surface area contributed by atoms with Crippen molar-refractivity contribution in [3.8, 4) is 6.07 Å². The molecule has 0 spiro atoms. The minimum absolute atomic E-state index is 0.698. The smallest absolute Gasteiger partial charge is 0.136 e. The van der Waals surface area contributed by atoms with E-state index in [1.54, 1.807) is 0 Å². The Morgan fingerprint density at radius 1 is 1.04 bits per heavy atom. The predicted molar refractivity (Wildman–Crippen MR) is 104 cm³/mol. The first-order valence-electron chi connectivity index (χ1n) is 9.32. The van der Waals surface area contributed by atoms with Gasteiger partial charge in [-0.3, -0.25) is 0 Å². The molecule has 0 amide bonds. The van der Waals surface area contributed by atoms with Gasteiger partial charge in [-0.25, -0.2) is 9.97 Å². The van der Waals surface area contributed by atoms with E-state index < -0.39 is 0 Å². The fraction of sp³-hybridized carbons (Fsp3) is 0.476. The minimum Gasteiger partial charge on any atom is -0.351 e. The summed E-state index contributed by atoms with van der Waals surface area (Å²) in [5, 5.41) is 9.01. The van der Waals surface area contributed by atoms with Gasteiger partial charge in [-0.05, 0) is 64.4 Å². The zero-order valence-electron chi connectivity index (χ0n) is 16.0. The topological polar surface area (TPSA) is 56.1 Å². The number of nitriles is 1. The second-order valence-corrected chi connectivity index (χ2v) is 7.26. The van der Waals surface area contributed by atoms with Gasteiger partial charge in [-0.2, -0.15) is 5.26 Å². The zero-order valence-corrected chi connectivity index (χ0v) is 16.0. The molecule has 0 unspecified atom stereocenters. The van der Waals surface area contributed by atoms with Crippen LogP contribution in [0.15, 0.2) is 24.3 Å². The third kappa shape index (κ3) is 4.39. The predicted octanol–water partition coefficient (Wildman–Crippen LogP) is 3.10. The third-order valence-corrected chi connectivity index (χ3v) is 4.85. The Balaban J connectivity index is 1.93. The van der Waals surface area contributed by atoms with Gasteiger partial charge in [0.1, 0.15) is 11.6 Å². The average molecular weight is 349 g/mol. The molecule has 0 radical (unpaired) electrons. The molecule has 0 saturated heterocycles. The van der Waals surface area contributed by atoms with Crippen molar-refractivity contribution in [3.63, 3.8) is 0 Å². The van der Waals surface area contributed by atoms with Crippen molar-refractivity contribution < 1.29 is 0 Å². The zero-order chi connectivity index (χ0) is 18.5. The number of benzene rings is 1. The number of fused-ring (bicyclic) bond motifs is 1. The molecule has 1 aromatic carbocycles. The molecule has 0 fully saturated rings. The lowest BCUT2D eigenvalue weighted by atomic mass is 9.96. The molecular weight excluding hydrogens is 322 g/mol. The van der Waals surface area contributed by atoms with Crippen LogP contribution in [0.1, 0.15) is 41.1 Å². The van der Waals surface area contributed by atoms with Crippen LogP contribution in [0.25, 0.3) is 0 Å². The van der Waals surface area contributed by atoms with Crippen LogP contribution in [0.5, 0.6) is 0 Å². The fourth-order valence-electron chi connectivity index (χ4n) is 3.44. The van der Waals surface area contributed by atoms with Crippen LogP contribution in [0.4, 0.5) is 5.82 Å². The number of nitrogens with zero attached hydrogens (tertiary/aromatic N) is 5. The Labute approximate surface area is 156 Å². The molecular formula is C21H27N5. The van der Waals surface area contributed by atoms with Crippen LogP contribution < -0.4 is 4.90 Å². The normalized spacial score (nSPS) is 13.3. The Morgan fingerprint density at radius 3 is 2.46 bits per heavy atom. The van der Waals surface area contributed by atoms with Crippen molar-refractivity contribution in [2.45, 2.75) is 39.2 Å². The third-order valence-electron chi connectivity index (χ3n) is 4.85. The van der Waals surface area contributed by atoms with Crippen molar-refractivity contribution in [1.29, 1.82) is 5.26 Å². The largest absolute Gasteiger partial charge is 0.351 e. The summed E-state index contributed by atoms with van der Waals surface area (Å²) in [5.74, 6) is 1.95. The molecule has 2 aromatic rings. The monoisotopic (exact) mass is 349 g/mol. The van der Waals surface area contributed by atoms with Gasteiger partial charge >= 0.3 is 0 Å². The average Bonchev–Trinajstić information content (AvgIpc) is 2.64. The van der Waals surface area contributed by atoms with Crippen LogP contribution in [0.2, 0.25) is 0 Å². The lowest BCUT2D eigenvalue weighted by Crippen LogP contribution is -2.33. The maximum absolute atomic E-state index is 9.01. The first-order valence-corrected chi connectivity index (χ1v) is 9.32. The SMILES string of the molecule is Cc1nc2c(c(N(CCN(C)C)Cc3ccc(C#N)cc3)n1)CCCC2. The van der Waals surface area contributed by atoms with Crippen molar-refractivity contribution in [3.05, 3.63) is 52.5 Å². The Hall–Kier alpha value is -2.45. The van der Waals surface area contributed by atoms with Crippen molar-refractivity contribution in [2.75, 3.05) is 32.1 Å². The van der Waals surface area contributed by atoms with Crippen molar-refractivity contribution in [1.82, 2.24) is 14.9 Å². The lowest BCUT2D eigenvalue weighted by Gasteiger charge is -2.30. The van der Waals surface area contributed by atoms with Gasteiger partial charge in [0.25, 0.3) is 0 Å². The summed E-state index contributed by atoms with van der Waals surface area (Å²) in [6.07, 6.45) is 4.56. The van der Waals surface area contributed by atoms with Gasteiger partial charge in [0, 0.05) is 30.9 Å². The quantitative estimate of drug-likeness (QED) is 0.802. The number of aromatic nitrogens is 2.